The summed E-state index contributed by atoms with van der Waals surface area (Å²) >= 11 is 6.02. The average molecular weight is 402 g/mol. The molecule has 0 aromatic heterocycles. The molecule has 2 N–H and O–H groups in total. The van der Waals surface area contributed by atoms with Gasteiger partial charge in [0.2, 0.25) is 11.8 Å². The Morgan fingerprint density at radius 2 is 2.00 bits per heavy atom. The first-order chi connectivity index (χ1) is 13.5. The van der Waals surface area contributed by atoms with Gasteiger partial charge in [-0.2, -0.15) is 5.10 Å². The van der Waals surface area contributed by atoms with Crippen molar-refractivity contribution in [2.75, 3.05) is 11.9 Å². The molecule has 0 bridgehead atoms. The number of carbonyl (C=O) groups excluding carboxylic acids is 2. The summed E-state index contributed by atoms with van der Waals surface area (Å²) in [5.41, 5.74) is 4.58. The predicted octanol–water partition coefficient (Wildman–Crippen LogP) is 4.31. The smallest absolute Gasteiger partial charge is 0.249 e. The largest absolute Gasteiger partial charge is 0.494 e. The van der Waals surface area contributed by atoms with E-state index in [9.17, 15) is 9.59 Å². The van der Waals surface area contributed by atoms with Crippen LogP contribution in [0.4, 0.5) is 5.69 Å². The number of amides is 2. The zero-order valence-corrected chi connectivity index (χ0v) is 16.8. The lowest BCUT2D eigenvalue weighted by Crippen LogP contribution is -2.24. The molecule has 0 atom stereocenters. The minimum atomic E-state index is -0.512. The molecule has 0 aliphatic heterocycles. The number of nitrogens with zero attached hydrogens (tertiary/aromatic N) is 1. The van der Waals surface area contributed by atoms with Crippen molar-refractivity contribution in [1.29, 1.82) is 0 Å². The van der Waals surface area contributed by atoms with Crippen LogP contribution in [0.5, 0.6) is 5.75 Å². The van der Waals surface area contributed by atoms with Gasteiger partial charge in [-0.05, 0) is 48.7 Å². The Hall–Kier alpha value is -2.86. The van der Waals surface area contributed by atoms with Gasteiger partial charge in [0.25, 0.3) is 0 Å². The molecular weight excluding hydrogens is 378 g/mol. The van der Waals surface area contributed by atoms with Crippen molar-refractivity contribution >= 4 is 35.3 Å². The summed E-state index contributed by atoms with van der Waals surface area (Å²) in [6, 6.07) is 12.6. The fraction of sp³-hybridized carbons (Fsp3) is 0.286. The molecular formula is C21H24ClN3O3. The lowest BCUT2D eigenvalue weighted by Gasteiger charge is -2.06. The van der Waals surface area contributed by atoms with E-state index < -0.39 is 11.8 Å². The second kappa shape index (κ2) is 11.1. The van der Waals surface area contributed by atoms with Crippen molar-refractivity contribution in [3.63, 3.8) is 0 Å². The highest BCUT2D eigenvalue weighted by molar-refractivity contribution is 6.31. The van der Waals surface area contributed by atoms with Gasteiger partial charge >= 0.3 is 0 Å². The first-order valence-corrected chi connectivity index (χ1v) is 9.46. The van der Waals surface area contributed by atoms with Crippen LogP contribution >= 0.6 is 11.6 Å². The molecule has 0 saturated carbocycles. The number of halogens is 1. The van der Waals surface area contributed by atoms with Gasteiger partial charge in [0.1, 0.15) is 12.2 Å². The fourth-order valence-corrected chi connectivity index (χ4v) is 2.44. The van der Waals surface area contributed by atoms with Crippen molar-refractivity contribution < 1.29 is 14.3 Å². The first-order valence-electron chi connectivity index (χ1n) is 9.08. The van der Waals surface area contributed by atoms with Crippen LogP contribution < -0.4 is 15.5 Å². The number of anilines is 1. The Balaban J connectivity index is 1.80. The molecule has 0 aliphatic carbocycles. The number of hydrogen-bond donors (Lipinski definition) is 2. The zero-order valence-electron chi connectivity index (χ0n) is 16.0. The van der Waals surface area contributed by atoms with E-state index in [4.69, 9.17) is 16.3 Å². The van der Waals surface area contributed by atoms with E-state index in [2.05, 4.69) is 22.8 Å². The third kappa shape index (κ3) is 7.40. The number of benzene rings is 2. The van der Waals surface area contributed by atoms with E-state index in [-0.39, 0.29) is 6.42 Å². The van der Waals surface area contributed by atoms with E-state index in [1.807, 2.05) is 31.2 Å². The number of unbranched alkanes of at least 4 members (excludes halogenated alkanes) is 1. The van der Waals surface area contributed by atoms with Gasteiger partial charge in [0.05, 0.1) is 12.8 Å². The Bertz CT molecular complexity index is 853. The quantitative estimate of drug-likeness (QED) is 0.284. The Labute approximate surface area is 169 Å². The summed E-state index contributed by atoms with van der Waals surface area (Å²) in [6.45, 7) is 4.63. The maximum Gasteiger partial charge on any atom is 0.249 e. The molecule has 2 aromatic carbocycles. The summed E-state index contributed by atoms with van der Waals surface area (Å²) in [7, 11) is 0. The van der Waals surface area contributed by atoms with E-state index >= 15 is 0 Å². The number of nitrogens with one attached hydrogen (secondary N) is 2. The first kappa shape index (κ1) is 21.4. The van der Waals surface area contributed by atoms with Gasteiger partial charge in [-0.3, -0.25) is 9.59 Å². The molecule has 0 saturated heterocycles. The van der Waals surface area contributed by atoms with Crippen LogP contribution in [0.25, 0.3) is 0 Å². The van der Waals surface area contributed by atoms with Crippen LogP contribution in [0.2, 0.25) is 5.02 Å². The van der Waals surface area contributed by atoms with Crippen LogP contribution in [0.15, 0.2) is 47.6 Å². The SMILES string of the molecule is CCCCOc1cccc(C=NNC(=O)CC(=O)Nc2ccc(C)c(Cl)c2)c1. The molecule has 7 heteroatoms. The molecule has 0 unspecified atom stereocenters. The molecule has 28 heavy (non-hydrogen) atoms. The van der Waals surface area contributed by atoms with Crippen molar-refractivity contribution in [2.24, 2.45) is 5.10 Å². The Morgan fingerprint density at radius 1 is 1.18 bits per heavy atom. The molecule has 6 nitrogen and oxygen atoms in total. The number of hydrogen-bond acceptors (Lipinski definition) is 4. The standard InChI is InChI=1S/C21H24ClN3O3/c1-3-4-10-28-18-7-5-6-16(11-18)14-23-25-21(27)13-20(26)24-17-9-8-15(2)19(22)12-17/h5-9,11-12,14H,3-4,10,13H2,1-2H3,(H,24,26)(H,25,27). The van der Waals surface area contributed by atoms with E-state index in [1.165, 1.54) is 6.21 Å². The molecule has 148 valence electrons. The van der Waals surface area contributed by atoms with Crippen molar-refractivity contribution in [3.05, 3.63) is 58.6 Å². The van der Waals surface area contributed by atoms with Crippen LogP contribution in [-0.2, 0) is 9.59 Å². The van der Waals surface area contributed by atoms with E-state index in [1.54, 1.807) is 18.2 Å². The van der Waals surface area contributed by atoms with Gasteiger partial charge in [-0.25, -0.2) is 5.43 Å². The summed E-state index contributed by atoms with van der Waals surface area (Å²) in [5.74, 6) is -0.207. The fourth-order valence-electron chi connectivity index (χ4n) is 2.26. The van der Waals surface area contributed by atoms with E-state index in [0.717, 1.165) is 29.7 Å². The third-order valence-corrected chi connectivity index (χ3v) is 4.21. The summed E-state index contributed by atoms with van der Waals surface area (Å²) in [5, 5.41) is 7.06. The molecule has 0 spiro atoms. The molecule has 2 aromatic rings. The summed E-state index contributed by atoms with van der Waals surface area (Å²) < 4.78 is 5.63. The maximum atomic E-state index is 11.9. The number of aryl methyl sites for hydroxylation is 1. The van der Waals surface area contributed by atoms with Gasteiger partial charge in [0.15, 0.2) is 0 Å². The topological polar surface area (TPSA) is 79.8 Å². The maximum absolute atomic E-state index is 11.9. The highest BCUT2D eigenvalue weighted by Gasteiger charge is 2.09. The van der Waals surface area contributed by atoms with Gasteiger partial charge in [-0.1, -0.05) is 43.1 Å². The minimum Gasteiger partial charge on any atom is -0.494 e. The average Bonchev–Trinajstić information content (AvgIpc) is 2.65. The van der Waals surface area contributed by atoms with Crippen LogP contribution in [-0.4, -0.2) is 24.6 Å². The molecule has 0 heterocycles. The molecule has 2 amide bonds. The van der Waals surface area contributed by atoms with Gasteiger partial charge in [-0.15, -0.1) is 0 Å². The van der Waals surface area contributed by atoms with Crippen LogP contribution in [0, 0.1) is 6.92 Å². The summed E-state index contributed by atoms with van der Waals surface area (Å²) in [6.07, 6.45) is 3.22. The zero-order chi connectivity index (χ0) is 20.4. The lowest BCUT2D eigenvalue weighted by atomic mass is 10.2. The summed E-state index contributed by atoms with van der Waals surface area (Å²) in [4.78, 5) is 23.8. The minimum absolute atomic E-state index is 0.344. The molecule has 0 fully saturated rings. The predicted molar refractivity (Wildman–Crippen MR) is 112 cm³/mol. The monoisotopic (exact) mass is 401 g/mol. The van der Waals surface area contributed by atoms with Crippen LogP contribution in [0.1, 0.15) is 37.3 Å². The van der Waals surface area contributed by atoms with Gasteiger partial charge < -0.3 is 10.1 Å². The van der Waals surface area contributed by atoms with Gasteiger partial charge in [0, 0.05) is 10.7 Å². The van der Waals surface area contributed by atoms with Crippen molar-refractivity contribution in [2.45, 2.75) is 33.1 Å². The number of carbonyl (C=O) groups is 2. The number of ether oxygens (including phenoxy) is 1. The molecule has 2 rings (SSSR count). The molecule has 0 radical (unpaired) electrons. The third-order valence-electron chi connectivity index (χ3n) is 3.80. The Kier molecular flexibility index (Phi) is 8.49. The van der Waals surface area contributed by atoms with Crippen molar-refractivity contribution in [1.82, 2.24) is 5.43 Å². The van der Waals surface area contributed by atoms with Crippen molar-refractivity contribution in [3.8, 4) is 5.75 Å². The molecule has 0 aliphatic rings. The Morgan fingerprint density at radius 3 is 2.75 bits per heavy atom. The number of rotatable bonds is 9. The number of hydrazone groups is 1. The van der Waals surface area contributed by atoms with Crippen LogP contribution in [0.3, 0.4) is 0 Å². The van der Waals surface area contributed by atoms with E-state index in [0.29, 0.717) is 17.3 Å². The highest BCUT2D eigenvalue weighted by Crippen LogP contribution is 2.20. The lowest BCUT2D eigenvalue weighted by molar-refractivity contribution is -0.126. The second-order valence-electron chi connectivity index (χ2n) is 6.26. The highest BCUT2D eigenvalue weighted by atomic mass is 35.5. The second-order valence-corrected chi connectivity index (χ2v) is 6.66. The normalized spacial score (nSPS) is 10.7.